The summed E-state index contributed by atoms with van der Waals surface area (Å²) in [7, 11) is 0. The summed E-state index contributed by atoms with van der Waals surface area (Å²) in [4.78, 5) is 16.6. The largest absolute Gasteiger partial charge is 0.573 e. The minimum Gasteiger partial charge on any atom is -0.406 e. The predicted molar refractivity (Wildman–Crippen MR) is 140 cm³/mol. The molecular formula is C28H26F3N7O2. The van der Waals surface area contributed by atoms with Crippen molar-refractivity contribution < 1.29 is 22.7 Å². The zero-order chi connectivity index (χ0) is 28.1. The Morgan fingerprint density at radius 3 is 2.65 bits per heavy atom. The zero-order valence-corrected chi connectivity index (χ0v) is 21.6. The van der Waals surface area contributed by atoms with Gasteiger partial charge in [-0.3, -0.25) is 14.5 Å². The third kappa shape index (κ3) is 7.07. The summed E-state index contributed by atoms with van der Waals surface area (Å²) in [5, 5.41) is 19.5. The van der Waals surface area contributed by atoms with Crippen LogP contribution < -0.4 is 10.1 Å². The summed E-state index contributed by atoms with van der Waals surface area (Å²) in [6.07, 6.45) is 3.57. The number of amides is 1. The van der Waals surface area contributed by atoms with Crippen molar-refractivity contribution in [3.05, 3.63) is 94.3 Å². The molecule has 12 heteroatoms. The maximum absolute atomic E-state index is 12.4. The van der Waals surface area contributed by atoms with E-state index in [0.29, 0.717) is 19.5 Å². The van der Waals surface area contributed by atoms with E-state index in [2.05, 4.69) is 35.5 Å². The lowest BCUT2D eigenvalue weighted by atomic mass is 10.1. The molecule has 1 aliphatic carbocycles. The monoisotopic (exact) mass is 549 g/mol. The number of aryl methyl sites for hydroxylation is 3. The Labute approximate surface area is 228 Å². The number of fused-ring (bicyclic) bond motifs is 1. The van der Waals surface area contributed by atoms with Gasteiger partial charge in [0.05, 0.1) is 17.6 Å². The maximum Gasteiger partial charge on any atom is 0.573 e. The molecule has 0 saturated carbocycles. The Balaban J connectivity index is 1.08. The average Bonchev–Trinajstić information content (AvgIpc) is 3.57. The maximum atomic E-state index is 12.4. The predicted octanol–water partition coefficient (Wildman–Crippen LogP) is 4.72. The van der Waals surface area contributed by atoms with Crippen molar-refractivity contribution in [1.29, 1.82) is 0 Å². The van der Waals surface area contributed by atoms with Crippen LogP contribution in [0.5, 0.6) is 5.75 Å². The molecule has 0 fully saturated rings. The number of carbonyl (C=O) groups is 1. The van der Waals surface area contributed by atoms with Crippen molar-refractivity contribution in [2.75, 3.05) is 0 Å². The Bertz CT molecular complexity index is 1510. The topological polar surface area (TPSA) is 108 Å². The van der Waals surface area contributed by atoms with E-state index in [1.165, 1.54) is 12.1 Å². The number of halogens is 3. The molecular weight excluding hydrogens is 523 g/mol. The van der Waals surface area contributed by atoms with E-state index in [0.717, 1.165) is 58.6 Å². The number of allylic oxidation sites excluding steroid dienone is 1. The van der Waals surface area contributed by atoms with Gasteiger partial charge in [0.15, 0.2) is 5.69 Å². The van der Waals surface area contributed by atoms with E-state index in [1.54, 1.807) is 29.2 Å². The summed E-state index contributed by atoms with van der Waals surface area (Å²) in [5.41, 5.74) is 6.50. The third-order valence-corrected chi connectivity index (χ3v) is 6.37. The Morgan fingerprint density at radius 1 is 1.07 bits per heavy atom. The Hall–Kier alpha value is -4.61. The van der Waals surface area contributed by atoms with Crippen LogP contribution in [-0.4, -0.2) is 42.4 Å². The molecule has 0 unspecified atom stereocenters. The number of hydrogen-bond donors (Lipinski definition) is 1. The van der Waals surface area contributed by atoms with E-state index in [-0.39, 0.29) is 17.4 Å². The number of carbonyl (C=O) groups excluding carboxylic acids is 1. The van der Waals surface area contributed by atoms with E-state index >= 15 is 0 Å². The molecule has 40 heavy (non-hydrogen) atoms. The van der Waals surface area contributed by atoms with E-state index in [4.69, 9.17) is 0 Å². The highest BCUT2D eigenvalue weighted by atomic mass is 19.4. The molecule has 1 aliphatic rings. The second-order valence-corrected chi connectivity index (χ2v) is 9.47. The van der Waals surface area contributed by atoms with Crippen LogP contribution in [-0.2, 0) is 25.9 Å². The standard InChI is InChI=1S/C28H26F3N7O2/c1-18-5-6-19(15-32-18)16-33-27(39)26-17-38(37-36-26)11-3-2-4-23-13-22-12-21(14-25(22)35-34-23)20-7-9-24(10-8-20)40-28(29,30)31/h5-10,12-13,15,17H,2-4,11,14,16H2,1H3,(H,33,39). The van der Waals surface area contributed by atoms with Crippen molar-refractivity contribution in [2.45, 2.75) is 52.1 Å². The summed E-state index contributed by atoms with van der Waals surface area (Å²) in [6.45, 7) is 2.88. The number of nitrogens with zero attached hydrogens (tertiary/aromatic N) is 6. The van der Waals surface area contributed by atoms with Crippen LogP contribution in [0.25, 0.3) is 11.6 Å². The van der Waals surface area contributed by atoms with Crippen molar-refractivity contribution >= 4 is 17.6 Å². The minimum atomic E-state index is -4.72. The summed E-state index contributed by atoms with van der Waals surface area (Å²) >= 11 is 0. The van der Waals surface area contributed by atoms with Crippen LogP contribution in [0.3, 0.4) is 0 Å². The third-order valence-electron chi connectivity index (χ3n) is 6.37. The Morgan fingerprint density at radius 2 is 1.90 bits per heavy atom. The van der Waals surface area contributed by atoms with Crippen molar-refractivity contribution in [3.63, 3.8) is 0 Å². The first-order chi connectivity index (χ1) is 19.2. The molecule has 1 amide bonds. The van der Waals surface area contributed by atoms with Crippen molar-refractivity contribution in [3.8, 4) is 5.75 Å². The molecule has 0 aliphatic heterocycles. The van der Waals surface area contributed by atoms with Crippen molar-refractivity contribution in [2.24, 2.45) is 0 Å². The van der Waals surface area contributed by atoms with Crippen LogP contribution in [0.15, 0.2) is 54.9 Å². The SMILES string of the molecule is Cc1ccc(CNC(=O)c2cn(CCCCc3cc4c(nn3)CC(c3ccc(OC(F)(F)F)cc3)=C4)nn2)cn1. The second-order valence-electron chi connectivity index (χ2n) is 9.47. The van der Waals surface area contributed by atoms with E-state index < -0.39 is 6.36 Å². The Kier molecular flexibility index (Phi) is 7.85. The lowest BCUT2D eigenvalue weighted by Crippen LogP contribution is -2.23. The highest BCUT2D eigenvalue weighted by Gasteiger charge is 2.31. The first kappa shape index (κ1) is 27.0. The number of ether oxygens (including phenoxy) is 1. The van der Waals surface area contributed by atoms with Gasteiger partial charge in [0.25, 0.3) is 5.91 Å². The van der Waals surface area contributed by atoms with Gasteiger partial charge in [0, 0.05) is 37.0 Å². The summed E-state index contributed by atoms with van der Waals surface area (Å²) < 4.78 is 42.8. The van der Waals surface area contributed by atoms with Gasteiger partial charge in [0.2, 0.25) is 0 Å². The highest BCUT2D eigenvalue weighted by molar-refractivity contribution is 5.91. The van der Waals surface area contributed by atoms with Gasteiger partial charge in [-0.1, -0.05) is 23.4 Å². The summed E-state index contributed by atoms with van der Waals surface area (Å²) in [5.74, 6) is -0.547. The molecule has 0 radical (unpaired) electrons. The number of aromatic nitrogens is 6. The van der Waals surface area contributed by atoms with Crippen LogP contribution >= 0.6 is 0 Å². The molecule has 0 spiro atoms. The van der Waals surface area contributed by atoms with Gasteiger partial charge in [-0.15, -0.1) is 18.3 Å². The van der Waals surface area contributed by atoms with E-state index in [1.807, 2.05) is 31.2 Å². The van der Waals surface area contributed by atoms with Crippen LogP contribution in [0.1, 0.15) is 57.1 Å². The molecule has 206 valence electrons. The minimum absolute atomic E-state index is 0.254. The number of rotatable bonds is 10. The number of nitrogens with one attached hydrogen (secondary N) is 1. The van der Waals surface area contributed by atoms with Gasteiger partial charge in [0.1, 0.15) is 5.75 Å². The van der Waals surface area contributed by atoms with Gasteiger partial charge < -0.3 is 10.1 Å². The lowest BCUT2D eigenvalue weighted by molar-refractivity contribution is -0.274. The molecule has 5 rings (SSSR count). The van der Waals surface area contributed by atoms with Gasteiger partial charge in [-0.2, -0.15) is 10.2 Å². The smallest absolute Gasteiger partial charge is 0.406 e. The van der Waals surface area contributed by atoms with Crippen LogP contribution in [0.2, 0.25) is 0 Å². The molecule has 0 bridgehead atoms. The first-order valence-corrected chi connectivity index (χ1v) is 12.7. The van der Waals surface area contributed by atoms with Gasteiger partial charge in [-0.05, 0) is 73.2 Å². The quantitative estimate of drug-likeness (QED) is 0.285. The fraction of sp³-hybridized carbons (Fsp3) is 0.286. The second kappa shape index (κ2) is 11.6. The zero-order valence-electron chi connectivity index (χ0n) is 21.6. The molecule has 0 saturated heterocycles. The number of hydrogen-bond acceptors (Lipinski definition) is 7. The van der Waals surface area contributed by atoms with Crippen LogP contribution in [0.4, 0.5) is 13.2 Å². The molecule has 3 heterocycles. The fourth-order valence-corrected chi connectivity index (χ4v) is 4.30. The van der Waals surface area contributed by atoms with Gasteiger partial charge >= 0.3 is 6.36 Å². The fourth-order valence-electron chi connectivity index (χ4n) is 4.30. The molecule has 1 N–H and O–H groups in total. The first-order valence-electron chi connectivity index (χ1n) is 12.7. The molecule has 4 aromatic rings. The number of alkyl halides is 3. The number of pyridine rings is 1. The van der Waals surface area contributed by atoms with E-state index in [9.17, 15) is 18.0 Å². The lowest BCUT2D eigenvalue weighted by Gasteiger charge is -2.09. The average molecular weight is 550 g/mol. The highest BCUT2D eigenvalue weighted by Crippen LogP contribution is 2.32. The summed E-state index contributed by atoms with van der Waals surface area (Å²) in [6, 6.07) is 11.6. The van der Waals surface area contributed by atoms with Gasteiger partial charge in [-0.25, -0.2) is 0 Å². The molecule has 9 nitrogen and oxygen atoms in total. The normalized spacial score (nSPS) is 12.7. The number of benzene rings is 1. The molecule has 3 aromatic heterocycles. The number of unbranched alkanes of at least 4 members (excludes halogenated alkanes) is 1. The molecule has 1 aromatic carbocycles. The molecule has 0 atom stereocenters. The van der Waals surface area contributed by atoms with Crippen LogP contribution in [0, 0.1) is 6.92 Å². The van der Waals surface area contributed by atoms with Crippen molar-refractivity contribution in [1.82, 2.24) is 35.5 Å².